The standard InChI is InChI=1S/C29H34N4O4S2/c1-20(34)19-33-16-12-21(13-17-33)32-26-7-4-6-24-23(11-14-30)28(38-29(24)26)8-5-15-31-25-10-9-22(39(3,35)36)18-27(25)37-2/h4,6-7,9-10,18,20-21,31-32,34H,11-13,15-17,19H2,1-3H3. The molecule has 39 heavy (non-hydrogen) atoms. The molecule has 206 valence electrons. The van der Waals surface area contributed by atoms with Gasteiger partial charge in [-0.2, -0.15) is 5.26 Å². The monoisotopic (exact) mass is 566 g/mol. The number of nitrogens with one attached hydrogen (secondary N) is 2. The fraction of sp³-hybridized carbons (Fsp3) is 0.414. The minimum atomic E-state index is -3.33. The molecule has 1 saturated heterocycles. The Morgan fingerprint density at radius 2 is 2.00 bits per heavy atom. The Balaban J connectivity index is 1.50. The Labute approximate surface area is 234 Å². The first kappa shape index (κ1) is 28.7. The number of nitrogens with zero attached hydrogens (tertiary/aromatic N) is 2. The van der Waals surface area contributed by atoms with Crippen molar-refractivity contribution in [2.24, 2.45) is 0 Å². The van der Waals surface area contributed by atoms with Crippen molar-refractivity contribution in [3.8, 4) is 23.7 Å². The third-order valence-electron chi connectivity index (χ3n) is 6.71. The number of thiophene rings is 1. The highest BCUT2D eigenvalue weighted by atomic mass is 32.2. The van der Waals surface area contributed by atoms with E-state index in [-0.39, 0.29) is 17.4 Å². The van der Waals surface area contributed by atoms with Gasteiger partial charge in [0.05, 0.1) is 58.1 Å². The summed E-state index contributed by atoms with van der Waals surface area (Å²) in [6, 6.07) is 13.5. The van der Waals surface area contributed by atoms with Gasteiger partial charge in [-0.05, 0) is 38.0 Å². The van der Waals surface area contributed by atoms with E-state index in [9.17, 15) is 18.8 Å². The number of aliphatic hydroxyl groups is 1. The summed E-state index contributed by atoms with van der Waals surface area (Å²) in [6.45, 7) is 4.76. The maximum Gasteiger partial charge on any atom is 0.175 e. The van der Waals surface area contributed by atoms with Gasteiger partial charge in [0.25, 0.3) is 0 Å². The molecule has 1 unspecified atom stereocenters. The summed E-state index contributed by atoms with van der Waals surface area (Å²) in [6.07, 6.45) is 3.14. The van der Waals surface area contributed by atoms with E-state index in [2.05, 4.69) is 39.5 Å². The number of rotatable bonds is 9. The van der Waals surface area contributed by atoms with Gasteiger partial charge in [-0.15, -0.1) is 11.3 Å². The minimum Gasteiger partial charge on any atom is -0.495 e. The van der Waals surface area contributed by atoms with E-state index >= 15 is 0 Å². The molecule has 4 rings (SSSR count). The van der Waals surface area contributed by atoms with Crippen molar-refractivity contribution < 1.29 is 18.3 Å². The lowest BCUT2D eigenvalue weighted by Crippen LogP contribution is -2.41. The van der Waals surface area contributed by atoms with Gasteiger partial charge in [-0.1, -0.05) is 24.0 Å². The molecule has 8 nitrogen and oxygen atoms in total. The van der Waals surface area contributed by atoms with Crippen LogP contribution in [0.4, 0.5) is 11.4 Å². The fourth-order valence-electron chi connectivity index (χ4n) is 4.81. The van der Waals surface area contributed by atoms with E-state index in [0.29, 0.717) is 30.6 Å². The van der Waals surface area contributed by atoms with E-state index in [4.69, 9.17) is 4.74 Å². The van der Waals surface area contributed by atoms with Gasteiger partial charge in [0.2, 0.25) is 0 Å². The molecule has 1 fully saturated rings. The van der Waals surface area contributed by atoms with Crippen LogP contribution >= 0.6 is 11.3 Å². The van der Waals surface area contributed by atoms with E-state index in [1.807, 2.05) is 19.1 Å². The first-order valence-corrected chi connectivity index (χ1v) is 15.6. The highest BCUT2D eigenvalue weighted by Gasteiger charge is 2.21. The molecule has 0 amide bonds. The van der Waals surface area contributed by atoms with Crippen molar-refractivity contribution in [2.45, 2.75) is 43.2 Å². The lowest BCUT2D eigenvalue weighted by Gasteiger charge is -2.33. The van der Waals surface area contributed by atoms with E-state index in [1.165, 1.54) is 19.2 Å². The quantitative estimate of drug-likeness (QED) is 0.332. The molecule has 3 aromatic rings. The molecule has 1 aliphatic rings. The number of piperidine rings is 1. The molecule has 2 aromatic carbocycles. The molecular formula is C29H34N4O4S2. The molecule has 1 aromatic heterocycles. The molecular weight excluding hydrogens is 532 g/mol. The summed E-state index contributed by atoms with van der Waals surface area (Å²) in [7, 11) is -1.84. The number of methoxy groups -OCH3 is 1. The molecule has 1 atom stereocenters. The number of hydrogen-bond acceptors (Lipinski definition) is 9. The maximum atomic E-state index is 11.8. The lowest BCUT2D eigenvalue weighted by molar-refractivity contribution is 0.111. The largest absolute Gasteiger partial charge is 0.495 e. The normalized spacial score (nSPS) is 15.3. The zero-order chi connectivity index (χ0) is 28.0. The predicted octanol–water partition coefficient (Wildman–Crippen LogP) is 4.10. The van der Waals surface area contributed by atoms with Crippen molar-refractivity contribution in [3.63, 3.8) is 0 Å². The van der Waals surface area contributed by atoms with Crippen LogP contribution in [0.5, 0.6) is 5.75 Å². The minimum absolute atomic E-state index is 0.192. The summed E-state index contributed by atoms with van der Waals surface area (Å²) in [5.74, 6) is 6.82. The van der Waals surface area contributed by atoms with Crippen molar-refractivity contribution >= 4 is 42.6 Å². The van der Waals surface area contributed by atoms with Crippen LogP contribution in [0.2, 0.25) is 0 Å². The third kappa shape index (κ3) is 7.23. The molecule has 0 saturated carbocycles. The number of likely N-dealkylation sites (tertiary alicyclic amines) is 1. The SMILES string of the molecule is COc1cc(S(C)(=O)=O)ccc1NCC#Cc1sc2c(NC3CCN(CC(C)O)CC3)cccc2c1CC#N. The topological polar surface area (TPSA) is 115 Å². The average molecular weight is 567 g/mol. The van der Waals surface area contributed by atoms with Crippen molar-refractivity contribution in [1.29, 1.82) is 5.26 Å². The summed E-state index contributed by atoms with van der Waals surface area (Å²) in [4.78, 5) is 3.36. The van der Waals surface area contributed by atoms with Gasteiger partial charge in [0, 0.05) is 48.9 Å². The molecule has 10 heteroatoms. The molecule has 2 heterocycles. The zero-order valence-electron chi connectivity index (χ0n) is 22.5. The predicted molar refractivity (Wildman–Crippen MR) is 157 cm³/mol. The number of nitriles is 1. The van der Waals surface area contributed by atoms with Crippen LogP contribution in [0, 0.1) is 23.2 Å². The van der Waals surface area contributed by atoms with Crippen molar-refractivity contribution in [3.05, 3.63) is 46.8 Å². The molecule has 0 bridgehead atoms. The van der Waals surface area contributed by atoms with Crippen LogP contribution < -0.4 is 15.4 Å². The van der Waals surface area contributed by atoms with E-state index < -0.39 is 9.84 Å². The second kappa shape index (κ2) is 12.7. The van der Waals surface area contributed by atoms with Gasteiger partial charge in [-0.3, -0.25) is 0 Å². The van der Waals surface area contributed by atoms with Crippen molar-refractivity contribution in [1.82, 2.24) is 4.90 Å². The van der Waals surface area contributed by atoms with Crippen LogP contribution in [0.3, 0.4) is 0 Å². The van der Waals surface area contributed by atoms with Gasteiger partial charge in [-0.25, -0.2) is 8.42 Å². The highest BCUT2D eigenvalue weighted by molar-refractivity contribution is 7.90. The van der Waals surface area contributed by atoms with Crippen LogP contribution in [-0.2, 0) is 16.3 Å². The van der Waals surface area contributed by atoms with E-state index in [1.54, 1.807) is 17.4 Å². The lowest BCUT2D eigenvalue weighted by atomic mass is 10.0. The smallest absolute Gasteiger partial charge is 0.175 e. The van der Waals surface area contributed by atoms with E-state index in [0.717, 1.165) is 58.4 Å². The van der Waals surface area contributed by atoms with Gasteiger partial charge < -0.3 is 25.4 Å². The van der Waals surface area contributed by atoms with Crippen LogP contribution in [0.1, 0.15) is 30.2 Å². The Morgan fingerprint density at radius 3 is 2.67 bits per heavy atom. The number of anilines is 2. The summed E-state index contributed by atoms with van der Waals surface area (Å²) in [5.41, 5.74) is 2.65. The first-order valence-electron chi connectivity index (χ1n) is 12.9. The summed E-state index contributed by atoms with van der Waals surface area (Å²) in [5, 5.41) is 27.1. The second-order valence-corrected chi connectivity index (χ2v) is 12.8. The first-order chi connectivity index (χ1) is 18.7. The molecule has 0 aliphatic carbocycles. The molecule has 0 radical (unpaired) electrons. The Morgan fingerprint density at radius 1 is 1.23 bits per heavy atom. The fourth-order valence-corrected chi connectivity index (χ4v) is 6.61. The molecule has 3 N–H and O–H groups in total. The number of β-amino-alcohol motifs (C(OH)–C–C–N with tert-alkyl or cyclic N) is 1. The van der Waals surface area contributed by atoms with Gasteiger partial charge in [0.15, 0.2) is 9.84 Å². The number of ether oxygens (including phenoxy) is 1. The summed E-state index contributed by atoms with van der Waals surface area (Å²) >= 11 is 1.60. The highest BCUT2D eigenvalue weighted by Crippen LogP contribution is 2.37. The number of benzene rings is 2. The zero-order valence-corrected chi connectivity index (χ0v) is 24.1. The third-order valence-corrected chi connectivity index (χ3v) is 9.02. The maximum absolute atomic E-state index is 11.8. The molecule has 0 spiro atoms. The Bertz CT molecular complexity index is 1520. The van der Waals surface area contributed by atoms with Crippen LogP contribution in [-0.4, -0.2) is 70.1 Å². The van der Waals surface area contributed by atoms with Crippen molar-refractivity contribution in [2.75, 3.05) is 50.2 Å². The summed E-state index contributed by atoms with van der Waals surface area (Å²) < 4.78 is 30.1. The number of fused-ring (bicyclic) bond motifs is 1. The number of hydrogen-bond donors (Lipinski definition) is 3. The molecule has 1 aliphatic heterocycles. The second-order valence-electron chi connectivity index (χ2n) is 9.78. The Hall–Kier alpha value is -3.28. The van der Waals surface area contributed by atoms with Crippen LogP contribution in [0.15, 0.2) is 41.3 Å². The Kier molecular flexibility index (Phi) is 9.36. The van der Waals surface area contributed by atoms with Crippen LogP contribution in [0.25, 0.3) is 10.1 Å². The van der Waals surface area contributed by atoms with Gasteiger partial charge in [0.1, 0.15) is 5.75 Å². The van der Waals surface area contributed by atoms with Gasteiger partial charge >= 0.3 is 0 Å². The number of sulfone groups is 1. The number of aliphatic hydroxyl groups excluding tert-OH is 1. The average Bonchev–Trinajstić information content (AvgIpc) is 3.25.